The van der Waals surface area contributed by atoms with E-state index in [-0.39, 0.29) is 11.8 Å². The number of fused-ring (bicyclic) bond motifs is 2. The van der Waals surface area contributed by atoms with Gasteiger partial charge in [0.2, 0.25) is 11.8 Å². The molecule has 0 radical (unpaired) electrons. The molecule has 3 unspecified atom stereocenters. The zero-order valence-corrected chi connectivity index (χ0v) is 20.0. The van der Waals surface area contributed by atoms with Gasteiger partial charge in [-0.2, -0.15) is 5.53 Å². The summed E-state index contributed by atoms with van der Waals surface area (Å²) in [4.78, 5) is 34.8. The van der Waals surface area contributed by atoms with Crippen molar-refractivity contribution in [3.63, 3.8) is 0 Å². The average Bonchev–Trinajstić information content (AvgIpc) is 3.62. The van der Waals surface area contributed by atoms with E-state index in [1.165, 1.54) is 0 Å². The second kappa shape index (κ2) is 9.68. The minimum absolute atomic E-state index is 0.115. The fourth-order valence-corrected chi connectivity index (χ4v) is 6.35. The topological polar surface area (TPSA) is 89.6 Å². The van der Waals surface area contributed by atoms with Crippen LogP contribution in [0.15, 0.2) is 48.7 Å². The number of hydrogen-bond donors (Lipinski definition) is 3. The number of hydrogen-bond acceptors (Lipinski definition) is 6. The van der Waals surface area contributed by atoms with Gasteiger partial charge >= 0.3 is 0 Å². The summed E-state index contributed by atoms with van der Waals surface area (Å²) in [6.45, 7) is 3.16. The first-order valence-electron chi connectivity index (χ1n) is 13.0. The highest BCUT2D eigenvalue weighted by Gasteiger charge is 2.45. The van der Waals surface area contributed by atoms with Crippen molar-refractivity contribution in [2.45, 2.75) is 44.2 Å². The van der Waals surface area contributed by atoms with Crippen LogP contribution in [0.4, 0.5) is 0 Å². The van der Waals surface area contributed by atoms with Crippen molar-refractivity contribution in [3.8, 4) is 11.3 Å². The van der Waals surface area contributed by atoms with Crippen molar-refractivity contribution in [1.82, 2.24) is 31.2 Å². The third-order valence-corrected chi connectivity index (χ3v) is 8.39. The molecule has 35 heavy (non-hydrogen) atoms. The molecule has 0 spiro atoms. The van der Waals surface area contributed by atoms with Crippen LogP contribution in [-0.4, -0.2) is 64.9 Å². The Hall–Kier alpha value is -2.81. The number of rotatable bonds is 5. The first-order chi connectivity index (χ1) is 17.1. The standard InChI is InChI=1S/C27H34N6O2/c34-26(11-7-18-6-9-23(28-13-18)19-4-2-1-3-5-19)32-14-21-16-33(17-22(21)15-32)27(35)20-8-10-24-25(12-20)30-31-29-24/h1-6,9,13,20-22,24-25,29-31H,7-8,10-12,14-17H2/t20?,21-,22-,24?,25?/m1/s1. The lowest BCUT2D eigenvalue weighted by molar-refractivity contribution is -0.136. The Morgan fingerprint density at radius 2 is 1.63 bits per heavy atom. The van der Waals surface area contributed by atoms with Crippen molar-refractivity contribution in [3.05, 3.63) is 54.2 Å². The van der Waals surface area contributed by atoms with Gasteiger partial charge < -0.3 is 9.80 Å². The number of benzene rings is 1. The summed E-state index contributed by atoms with van der Waals surface area (Å²) < 4.78 is 0. The summed E-state index contributed by atoms with van der Waals surface area (Å²) in [5, 5.41) is 0. The van der Waals surface area contributed by atoms with Crippen LogP contribution in [0.25, 0.3) is 11.3 Å². The number of carbonyl (C=O) groups excluding carboxylic acids is 2. The summed E-state index contributed by atoms with van der Waals surface area (Å²) in [6, 6.07) is 15.0. The van der Waals surface area contributed by atoms with Gasteiger partial charge in [0.05, 0.1) is 5.69 Å². The summed E-state index contributed by atoms with van der Waals surface area (Å²) >= 11 is 0. The molecule has 1 aromatic carbocycles. The number of likely N-dealkylation sites (tertiary alicyclic amines) is 2. The third-order valence-electron chi connectivity index (χ3n) is 8.39. The van der Waals surface area contributed by atoms with Crippen LogP contribution in [0.3, 0.4) is 0 Å². The Kier molecular flexibility index (Phi) is 6.26. The molecule has 4 heterocycles. The molecule has 5 atom stereocenters. The average molecular weight is 475 g/mol. The van der Waals surface area contributed by atoms with E-state index < -0.39 is 0 Å². The molecule has 6 rings (SSSR count). The lowest BCUT2D eigenvalue weighted by Gasteiger charge is -2.32. The summed E-state index contributed by atoms with van der Waals surface area (Å²) in [7, 11) is 0. The van der Waals surface area contributed by atoms with Gasteiger partial charge in [0.25, 0.3) is 0 Å². The zero-order valence-electron chi connectivity index (χ0n) is 20.0. The van der Waals surface area contributed by atoms with Crippen molar-refractivity contribution in [2.75, 3.05) is 26.2 Å². The number of nitrogens with one attached hydrogen (secondary N) is 3. The quantitative estimate of drug-likeness (QED) is 0.612. The van der Waals surface area contributed by atoms with Crippen LogP contribution in [0.2, 0.25) is 0 Å². The molecule has 3 saturated heterocycles. The molecule has 0 bridgehead atoms. The monoisotopic (exact) mass is 474 g/mol. The third kappa shape index (κ3) is 4.70. The zero-order chi connectivity index (χ0) is 23.8. The molecule has 8 heteroatoms. The Bertz CT molecular complexity index is 1050. The van der Waals surface area contributed by atoms with Gasteiger partial charge in [-0.15, -0.1) is 0 Å². The highest BCUT2D eigenvalue weighted by atomic mass is 16.2. The van der Waals surface area contributed by atoms with E-state index in [2.05, 4.69) is 44.5 Å². The van der Waals surface area contributed by atoms with Crippen LogP contribution >= 0.6 is 0 Å². The largest absolute Gasteiger partial charge is 0.342 e. The Morgan fingerprint density at radius 1 is 0.886 bits per heavy atom. The Morgan fingerprint density at radius 3 is 2.37 bits per heavy atom. The minimum atomic E-state index is 0.115. The number of hydrazine groups is 2. The van der Waals surface area contributed by atoms with Gasteiger partial charge in [0.1, 0.15) is 0 Å². The van der Waals surface area contributed by atoms with Gasteiger partial charge in [0, 0.05) is 74.2 Å². The Balaban J connectivity index is 0.970. The highest BCUT2D eigenvalue weighted by Crippen LogP contribution is 2.35. The molecule has 2 amide bonds. The highest BCUT2D eigenvalue weighted by molar-refractivity contribution is 5.80. The van der Waals surface area contributed by atoms with E-state index in [4.69, 9.17) is 0 Å². The second-order valence-electron chi connectivity index (χ2n) is 10.6. The number of amides is 2. The van der Waals surface area contributed by atoms with E-state index >= 15 is 0 Å². The van der Waals surface area contributed by atoms with E-state index in [0.717, 1.165) is 62.3 Å². The van der Waals surface area contributed by atoms with Gasteiger partial charge in [-0.25, -0.2) is 10.9 Å². The molecule has 8 nitrogen and oxygen atoms in total. The molecule has 4 aliphatic rings. The fraction of sp³-hybridized carbons (Fsp3) is 0.519. The number of aromatic nitrogens is 1. The molecular formula is C27H34N6O2. The molecule has 3 N–H and O–H groups in total. The number of nitrogens with zero attached hydrogens (tertiary/aromatic N) is 3. The lowest BCUT2D eigenvalue weighted by Crippen LogP contribution is -2.45. The molecule has 1 saturated carbocycles. The maximum absolute atomic E-state index is 13.2. The van der Waals surface area contributed by atoms with Crippen molar-refractivity contribution < 1.29 is 9.59 Å². The van der Waals surface area contributed by atoms with Crippen molar-refractivity contribution in [1.29, 1.82) is 0 Å². The maximum atomic E-state index is 13.2. The number of carbonyl (C=O) groups is 2. The number of aryl methyl sites for hydroxylation is 1. The molecular weight excluding hydrogens is 440 g/mol. The van der Waals surface area contributed by atoms with Gasteiger partial charge in [0.15, 0.2) is 0 Å². The lowest BCUT2D eigenvalue weighted by atomic mass is 9.82. The van der Waals surface area contributed by atoms with Gasteiger partial charge in [-0.1, -0.05) is 36.4 Å². The molecule has 2 aromatic rings. The molecule has 184 valence electrons. The summed E-state index contributed by atoms with van der Waals surface area (Å²) in [6.07, 6.45) is 5.97. The van der Waals surface area contributed by atoms with E-state index in [0.29, 0.717) is 42.7 Å². The van der Waals surface area contributed by atoms with Crippen LogP contribution < -0.4 is 16.4 Å². The molecule has 1 aliphatic carbocycles. The number of pyridine rings is 1. The van der Waals surface area contributed by atoms with E-state index in [9.17, 15) is 9.59 Å². The summed E-state index contributed by atoms with van der Waals surface area (Å²) in [5.74, 6) is 1.48. The Labute approximate surface area is 206 Å². The van der Waals surface area contributed by atoms with Gasteiger partial charge in [-0.3, -0.25) is 14.6 Å². The molecule has 4 fully saturated rings. The van der Waals surface area contributed by atoms with Crippen molar-refractivity contribution in [2.24, 2.45) is 17.8 Å². The van der Waals surface area contributed by atoms with E-state index in [1.54, 1.807) is 0 Å². The van der Waals surface area contributed by atoms with Gasteiger partial charge in [-0.05, 0) is 37.3 Å². The minimum Gasteiger partial charge on any atom is -0.342 e. The predicted molar refractivity (Wildman–Crippen MR) is 132 cm³/mol. The smallest absolute Gasteiger partial charge is 0.225 e. The normalized spacial score (nSPS) is 29.8. The predicted octanol–water partition coefficient (Wildman–Crippen LogP) is 1.75. The first kappa shape index (κ1) is 22.6. The second-order valence-corrected chi connectivity index (χ2v) is 10.6. The van der Waals surface area contributed by atoms with Crippen LogP contribution in [-0.2, 0) is 16.0 Å². The molecule has 1 aromatic heterocycles. The van der Waals surface area contributed by atoms with Crippen LogP contribution in [0.1, 0.15) is 31.2 Å². The van der Waals surface area contributed by atoms with Crippen molar-refractivity contribution >= 4 is 11.8 Å². The molecule has 3 aliphatic heterocycles. The fourth-order valence-electron chi connectivity index (χ4n) is 6.35. The van der Waals surface area contributed by atoms with Crippen LogP contribution in [0.5, 0.6) is 0 Å². The first-order valence-corrected chi connectivity index (χ1v) is 13.0. The SMILES string of the molecule is O=C(CCc1ccc(-c2ccccc2)nc1)N1C[C@@H]2CN(C(=O)C3CCC4NNNC4C3)C[C@H]2C1. The summed E-state index contributed by atoms with van der Waals surface area (Å²) in [5.41, 5.74) is 12.6. The van der Waals surface area contributed by atoms with E-state index in [1.807, 2.05) is 35.4 Å². The van der Waals surface area contributed by atoms with Crippen LogP contribution in [0, 0.1) is 17.8 Å². The maximum Gasteiger partial charge on any atom is 0.225 e.